The van der Waals surface area contributed by atoms with Gasteiger partial charge in [-0.25, -0.2) is 17.7 Å². The van der Waals surface area contributed by atoms with Crippen molar-refractivity contribution in [3.63, 3.8) is 0 Å². The molecule has 0 saturated carbocycles. The number of sulfonamides is 1. The van der Waals surface area contributed by atoms with Gasteiger partial charge in [-0.2, -0.15) is 0 Å². The molecule has 7 heteroatoms. The number of pyridine rings is 1. The summed E-state index contributed by atoms with van der Waals surface area (Å²) < 4.78 is 27.1. The summed E-state index contributed by atoms with van der Waals surface area (Å²) in [4.78, 5) is 4.27. The minimum absolute atomic E-state index is 0.190. The van der Waals surface area contributed by atoms with Gasteiger partial charge in [-0.15, -0.1) is 0 Å². The number of anilines is 1. The number of aromatic nitrogens is 1. The highest BCUT2D eigenvalue weighted by Gasteiger charge is 2.25. The highest BCUT2D eigenvalue weighted by molar-refractivity contribution is 9.10. The molecule has 0 aliphatic carbocycles. The van der Waals surface area contributed by atoms with E-state index >= 15 is 0 Å². The van der Waals surface area contributed by atoms with Gasteiger partial charge in [0.2, 0.25) is 10.0 Å². The maximum absolute atomic E-state index is 12.5. The number of nitrogens with one attached hydrogen (secondary N) is 1. The predicted octanol–water partition coefficient (Wildman–Crippen LogP) is 2.55. The molecule has 0 aromatic carbocycles. The molecule has 1 aromatic rings. The van der Waals surface area contributed by atoms with E-state index in [-0.39, 0.29) is 4.90 Å². The van der Waals surface area contributed by atoms with Crippen LogP contribution in [-0.2, 0) is 10.0 Å². The van der Waals surface area contributed by atoms with Crippen molar-refractivity contribution < 1.29 is 8.42 Å². The van der Waals surface area contributed by atoms with Gasteiger partial charge in [-0.3, -0.25) is 0 Å². The largest absolute Gasteiger partial charge is 0.372 e. The van der Waals surface area contributed by atoms with E-state index in [9.17, 15) is 8.42 Å². The predicted molar refractivity (Wildman–Crippen MR) is 80.8 cm³/mol. The molecule has 0 spiro atoms. The normalized spacial score (nSPS) is 13.6. The van der Waals surface area contributed by atoms with Crippen LogP contribution in [-0.4, -0.2) is 38.3 Å². The molecule has 1 atom stereocenters. The molecular weight excluding hydrogens is 330 g/mol. The molecule has 1 aromatic heterocycles. The summed E-state index contributed by atoms with van der Waals surface area (Å²) in [5.41, 5.74) is 0. The molecule has 0 radical (unpaired) electrons. The SMILES string of the molecule is CCC(C)CN(C)S(=O)(=O)c1cc(Br)cnc1NC. The molecule has 1 unspecified atom stereocenters. The van der Waals surface area contributed by atoms with Crippen LogP contribution in [0.4, 0.5) is 5.82 Å². The summed E-state index contributed by atoms with van der Waals surface area (Å²) in [7, 11) is -0.275. The van der Waals surface area contributed by atoms with Crippen LogP contribution in [0.5, 0.6) is 0 Å². The molecule has 0 bridgehead atoms. The summed E-state index contributed by atoms with van der Waals surface area (Å²) in [6.45, 7) is 4.57. The van der Waals surface area contributed by atoms with Gasteiger partial charge >= 0.3 is 0 Å². The highest BCUT2D eigenvalue weighted by atomic mass is 79.9. The van der Waals surface area contributed by atoms with Crippen molar-refractivity contribution in [3.05, 3.63) is 16.7 Å². The molecule has 0 fully saturated rings. The van der Waals surface area contributed by atoms with Crippen LogP contribution in [0.3, 0.4) is 0 Å². The zero-order valence-electron chi connectivity index (χ0n) is 11.6. The van der Waals surface area contributed by atoms with Crippen molar-refractivity contribution in [2.75, 3.05) is 26.0 Å². The third-order valence-corrected chi connectivity index (χ3v) is 5.28. The number of rotatable bonds is 6. The standard InChI is InChI=1S/C12H20BrN3O2S/c1-5-9(2)8-16(4)19(17,18)11-6-10(13)7-15-12(11)14-3/h6-7,9H,5,8H2,1-4H3,(H,14,15). The van der Waals surface area contributed by atoms with Gasteiger partial charge in [-0.1, -0.05) is 20.3 Å². The quantitative estimate of drug-likeness (QED) is 0.857. The Labute approximate surface area is 123 Å². The van der Waals surface area contributed by atoms with Gasteiger partial charge in [0.25, 0.3) is 0 Å². The summed E-state index contributed by atoms with van der Waals surface area (Å²) in [6.07, 6.45) is 2.51. The van der Waals surface area contributed by atoms with Gasteiger partial charge in [0.1, 0.15) is 10.7 Å². The van der Waals surface area contributed by atoms with E-state index in [0.29, 0.717) is 22.8 Å². The molecule has 5 nitrogen and oxygen atoms in total. The van der Waals surface area contributed by atoms with Crippen molar-refractivity contribution in [3.8, 4) is 0 Å². The Kier molecular flexibility index (Phi) is 5.76. The Morgan fingerprint density at radius 3 is 2.68 bits per heavy atom. The molecule has 108 valence electrons. The summed E-state index contributed by atoms with van der Waals surface area (Å²) in [5.74, 6) is 0.678. The maximum Gasteiger partial charge on any atom is 0.246 e. The van der Waals surface area contributed by atoms with Crippen LogP contribution < -0.4 is 5.32 Å². The maximum atomic E-state index is 12.5. The number of hydrogen-bond donors (Lipinski definition) is 1. The van der Waals surface area contributed by atoms with Crippen LogP contribution in [0.25, 0.3) is 0 Å². The van der Waals surface area contributed by atoms with Crippen LogP contribution in [0.1, 0.15) is 20.3 Å². The van der Waals surface area contributed by atoms with Gasteiger partial charge < -0.3 is 5.32 Å². The lowest BCUT2D eigenvalue weighted by atomic mass is 10.1. The fourth-order valence-electron chi connectivity index (χ4n) is 1.64. The minimum Gasteiger partial charge on any atom is -0.372 e. The fourth-order valence-corrected chi connectivity index (χ4v) is 3.58. The minimum atomic E-state index is -3.53. The molecule has 1 heterocycles. The first-order chi connectivity index (χ1) is 8.82. The zero-order chi connectivity index (χ0) is 14.6. The van der Waals surface area contributed by atoms with Crippen LogP contribution in [0.2, 0.25) is 0 Å². The molecule has 0 amide bonds. The van der Waals surface area contributed by atoms with Crippen LogP contribution in [0, 0.1) is 5.92 Å². The molecule has 0 aliphatic heterocycles. The summed E-state index contributed by atoms with van der Waals surface area (Å²) in [5, 5.41) is 2.81. The smallest absolute Gasteiger partial charge is 0.246 e. The second kappa shape index (κ2) is 6.67. The van der Waals surface area contributed by atoms with Crippen molar-refractivity contribution in [2.24, 2.45) is 5.92 Å². The Morgan fingerprint density at radius 1 is 1.53 bits per heavy atom. The Balaban J connectivity index is 3.16. The Hall–Kier alpha value is -0.660. The molecular formula is C12H20BrN3O2S. The first-order valence-electron chi connectivity index (χ1n) is 6.12. The lowest BCUT2D eigenvalue weighted by Gasteiger charge is -2.21. The average molecular weight is 350 g/mol. The van der Waals surface area contributed by atoms with E-state index in [0.717, 1.165) is 6.42 Å². The van der Waals surface area contributed by atoms with E-state index in [1.807, 2.05) is 13.8 Å². The van der Waals surface area contributed by atoms with Crippen molar-refractivity contribution in [2.45, 2.75) is 25.2 Å². The fraction of sp³-hybridized carbons (Fsp3) is 0.583. The van der Waals surface area contributed by atoms with E-state index in [2.05, 4.69) is 26.2 Å². The first kappa shape index (κ1) is 16.4. The number of halogens is 1. The lowest BCUT2D eigenvalue weighted by Crippen LogP contribution is -2.31. The van der Waals surface area contributed by atoms with E-state index in [4.69, 9.17) is 0 Å². The third-order valence-electron chi connectivity index (χ3n) is 3.01. The second-order valence-electron chi connectivity index (χ2n) is 4.55. The highest BCUT2D eigenvalue weighted by Crippen LogP contribution is 2.25. The van der Waals surface area contributed by atoms with E-state index in [1.165, 1.54) is 4.31 Å². The molecule has 1 rings (SSSR count). The number of nitrogens with zero attached hydrogens (tertiary/aromatic N) is 2. The molecule has 0 saturated heterocycles. The average Bonchev–Trinajstić information content (AvgIpc) is 2.38. The van der Waals surface area contributed by atoms with E-state index < -0.39 is 10.0 Å². The summed E-state index contributed by atoms with van der Waals surface area (Å²) in [6, 6.07) is 1.57. The van der Waals surface area contributed by atoms with Gasteiger partial charge in [0.15, 0.2) is 0 Å². The zero-order valence-corrected chi connectivity index (χ0v) is 14.0. The number of hydrogen-bond acceptors (Lipinski definition) is 4. The summed E-state index contributed by atoms with van der Waals surface area (Å²) >= 11 is 3.26. The van der Waals surface area contributed by atoms with Gasteiger partial charge in [-0.05, 0) is 27.9 Å². The topological polar surface area (TPSA) is 62.3 Å². The van der Waals surface area contributed by atoms with Crippen molar-refractivity contribution >= 4 is 31.8 Å². The van der Waals surface area contributed by atoms with Crippen LogP contribution in [0.15, 0.2) is 21.6 Å². The molecule has 19 heavy (non-hydrogen) atoms. The monoisotopic (exact) mass is 349 g/mol. The Bertz CT molecular complexity index is 534. The van der Waals surface area contributed by atoms with Gasteiger partial charge in [0, 0.05) is 31.3 Å². The van der Waals surface area contributed by atoms with Gasteiger partial charge in [0.05, 0.1) is 0 Å². The molecule has 0 aliphatic rings. The first-order valence-corrected chi connectivity index (χ1v) is 8.35. The van der Waals surface area contributed by atoms with E-state index in [1.54, 1.807) is 26.4 Å². The Morgan fingerprint density at radius 2 is 2.16 bits per heavy atom. The third kappa shape index (κ3) is 3.90. The van der Waals surface area contributed by atoms with Crippen molar-refractivity contribution in [1.29, 1.82) is 0 Å². The molecule has 1 N–H and O–H groups in total. The second-order valence-corrected chi connectivity index (χ2v) is 7.48. The van der Waals surface area contributed by atoms with Crippen LogP contribution >= 0.6 is 15.9 Å². The van der Waals surface area contributed by atoms with Crippen molar-refractivity contribution in [1.82, 2.24) is 9.29 Å². The lowest BCUT2D eigenvalue weighted by molar-refractivity contribution is 0.393.